The summed E-state index contributed by atoms with van der Waals surface area (Å²) in [5, 5.41) is 0.907. The fourth-order valence-electron chi connectivity index (χ4n) is 1.58. The molecule has 0 bridgehead atoms. The SMILES string of the molecule is COCn1cc(C)c2c(N)ncnc21. The maximum atomic E-state index is 5.76. The van der Waals surface area contributed by atoms with Gasteiger partial charge in [0, 0.05) is 13.3 Å². The average molecular weight is 192 g/mol. The van der Waals surface area contributed by atoms with E-state index in [0.29, 0.717) is 12.5 Å². The van der Waals surface area contributed by atoms with Crippen molar-refractivity contribution in [2.45, 2.75) is 13.7 Å². The molecule has 0 saturated carbocycles. The number of aromatic nitrogens is 3. The minimum atomic E-state index is 0.473. The van der Waals surface area contributed by atoms with Crippen LogP contribution in [0.5, 0.6) is 0 Å². The minimum Gasteiger partial charge on any atom is -0.383 e. The first-order valence-electron chi connectivity index (χ1n) is 4.29. The zero-order valence-electron chi connectivity index (χ0n) is 8.19. The number of anilines is 1. The largest absolute Gasteiger partial charge is 0.383 e. The van der Waals surface area contributed by atoms with E-state index in [9.17, 15) is 0 Å². The lowest BCUT2D eigenvalue weighted by atomic mass is 10.2. The van der Waals surface area contributed by atoms with Crippen molar-refractivity contribution in [3.05, 3.63) is 18.1 Å². The molecule has 0 unspecified atom stereocenters. The fourth-order valence-corrected chi connectivity index (χ4v) is 1.58. The van der Waals surface area contributed by atoms with E-state index in [4.69, 9.17) is 10.5 Å². The van der Waals surface area contributed by atoms with Crippen LogP contribution in [0.3, 0.4) is 0 Å². The van der Waals surface area contributed by atoms with Crippen molar-refractivity contribution >= 4 is 16.9 Å². The zero-order valence-corrected chi connectivity index (χ0v) is 8.19. The van der Waals surface area contributed by atoms with Gasteiger partial charge in [0.05, 0.1) is 5.39 Å². The van der Waals surface area contributed by atoms with Gasteiger partial charge in [0.2, 0.25) is 0 Å². The Hall–Kier alpha value is -1.62. The van der Waals surface area contributed by atoms with Gasteiger partial charge in [-0.1, -0.05) is 0 Å². The number of nitrogens with two attached hydrogens (primary N) is 1. The number of hydrogen-bond donors (Lipinski definition) is 1. The molecule has 0 aliphatic rings. The van der Waals surface area contributed by atoms with Crippen LogP contribution in [-0.2, 0) is 11.5 Å². The molecule has 0 radical (unpaired) electrons. The number of aryl methyl sites for hydroxylation is 1. The maximum absolute atomic E-state index is 5.76. The van der Waals surface area contributed by atoms with Crippen molar-refractivity contribution in [1.82, 2.24) is 14.5 Å². The lowest BCUT2D eigenvalue weighted by molar-refractivity contribution is 0.134. The molecule has 0 atom stereocenters. The first kappa shape index (κ1) is 8.96. The Morgan fingerprint density at radius 1 is 1.50 bits per heavy atom. The fraction of sp³-hybridized carbons (Fsp3) is 0.333. The highest BCUT2D eigenvalue weighted by Crippen LogP contribution is 2.22. The molecule has 74 valence electrons. The molecule has 0 aliphatic heterocycles. The van der Waals surface area contributed by atoms with E-state index in [0.717, 1.165) is 16.6 Å². The molecule has 0 aromatic carbocycles. The Balaban J connectivity index is 2.71. The number of nitrogen functional groups attached to an aromatic ring is 1. The van der Waals surface area contributed by atoms with Gasteiger partial charge in [-0.3, -0.25) is 0 Å². The van der Waals surface area contributed by atoms with E-state index in [1.807, 2.05) is 17.7 Å². The summed E-state index contributed by atoms with van der Waals surface area (Å²) in [4.78, 5) is 8.13. The molecular formula is C9H12N4O. The molecule has 0 spiro atoms. The highest BCUT2D eigenvalue weighted by molar-refractivity contribution is 5.89. The van der Waals surface area contributed by atoms with Crippen molar-refractivity contribution in [2.24, 2.45) is 0 Å². The topological polar surface area (TPSA) is 66.0 Å². The Kier molecular flexibility index (Phi) is 2.09. The summed E-state index contributed by atoms with van der Waals surface area (Å²) in [5.74, 6) is 0.516. The number of ether oxygens (including phenoxy) is 1. The van der Waals surface area contributed by atoms with Gasteiger partial charge in [0.1, 0.15) is 24.5 Å². The smallest absolute Gasteiger partial charge is 0.147 e. The molecule has 0 aliphatic carbocycles. The second kappa shape index (κ2) is 3.26. The van der Waals surface area contributed by atoms with Crippen LogP contribution < -0.4 is 5.73 Å². The predicted octanol–water partition coefficient (Wildman–Crippen LogP) is 0.926. The van der Waals surface area contributed by atoms with Gasteiger partial charge in [-0.05, 0) is 12.5 Å². The number of methoxy groups -OCH3 is 1. The van der Waals surface area contributed by atoms with E-state index >= 15 is 0 Å². The van der Waals surface area contributed by atoms with Gasteiger partial charge in [-0.25, -0.2) is 9.97 Å². The second-order valence-corrected chi connectivity index (χ2v) is 3.16. The summed E-state index contributed by atoms with van der Waals surface area (Å²) >= 11 is 0. The quantitative estimate of drug-likeness (QED) is 0.768. The molecule has 2 aromatic heterocycles. The molecule has 14 heavy (non-hydrogen) atoms. The van der Waals surface area contributed by atoms with Gasteiger partial charge < -0.3 is 15.0 Å². The molecule has 2 heterocycles. The van der Waals surface area contributed by atoms with Crippen LogP contribution in [-0.4, -0.2) is 21.6 Å². The van der Waals surface area contributed by atoms with Crippen LogP contribution in [0, 0.1) is 6.92 Å². The molecule has 0 fully saturated rings. The molecule has 5 heteroatoms. The standard InChI is InChI=1S/C9H12N4O/c1-6-3-13(5-14-2)9-7(6)8(10)11-4-12-9/h3-4H,5H2,1-2H3,(H2,10,11,12). The summed E-state index contributed by atoms with van der Waals surface area (Å²) in [6, 6.07) is 0. The number of hydrogen-bond acceptors (Lipinski definition) is 4. The third-order valence-corrected chi connectivity index (χ3v) is 2.14. The number of rotatable bonds is 2. The van der Waals surface area contributed by atoms with E-state index in [1.54, 1.807) is 7.11 Å². The lowest BCUT2D eigenvalue weighted by Crippen LogP contribution is -2.00. The molecule has 5 nitrogen and oxygen atoms in total. The predicted molar refractivity (Wildman–Crippen MR) is 53.7 cm³/mol. The van der Waals surface area contributed by atoms with Crippen molar-refractivity contribution in [3.8, 4) is 0 Å². The molecular weight excluding hydrogens is 180 g/mol. The van der Waals surface area contributed by atoms with Gasteiger partial charge >= 0.3 is 0 Å². The van der Waals surface area contributed by atoms with Crippen LogP contribution in [0.2, 0.25) is 0 Å². The van der Waals surface area contributed by atoms with Crippen molar-refractivity contribution in [2.75, 3.05) is 12.8 Å². The van der Waals surface area contributed by atoms with Crippen LogP contribution in [0.25, 0.3) is 11.0 Å². The van der Waals surface area contributed by atoms with Crippen LogP contribution in [0.1, 0.15) is 5.56 Å². The van der Waals surface area contributed by atoms with Gasteiger partial charge in [-0.15, -0.1) is 0 Å². The van der Waals surface area contributed by atoms with E-state index < -0.39 is 0 Å². The minimum absolute atomic E-state index is 0.473. The summed E-state index contributed by atoms with van der Waals surface area (Å²) in [7, 11) is 1.64. The summed E-state index contributed by atoms with van der Waals surface area (Å²) in [6.07, 6.45) is 3.42. The molecule has 0 saturated heterocycles. The molecule has 2 N–H and O–H groups in total. The first-order valence-corrected chi connectivity index (χ1v) is 4.29. The van der Waals surface area contributed by atoms with Crippen LogP contribution in [0.4, 0.5) is 5.82 Å². The average Bonchev–Trinajstić information content (AvgIpc) is 2.46. The van der Waals surface area contributed by atoms with E-state index in [2.05, 4.69) is 9.97 Å². The Morgan fingerprint density at radius 2 is 2.29 bits per heavy atom. The normalized spacial score (nSPS) is 11.0. The highest BCUT2D eigenvalue weighted by Gasteiger charge is 2.09. The van der Waals surface area contributed by atoms with Crippen molar-refractivity contribution < 1.29 is 4.74 Å². The van der Waals surface area contributed by atoms with Crippen LogP contribution in [0.15, 0.2) is 12.5 Å². The van der Waals surface area contributed by atoms with Crippen molar-refractivity contribution in [3.63, 3.8) is 0 Å². The maximum Gasteiger partial charge on any atom is 0.147 e. The van der Waals surface area contributed by atoms with Gasteiger partial charge in [0.15, 0.2) is 0 Å². The van der Waals surface area contributed by atoms with Crippen LogP contribution >= 0.6 is 0 Å². The monoisotopic (exact) mass is 192 g/mol. The molecule has 0 amide bonds. The van der Waals surface area contributed by atoms with Gasteiger partial charge in [-0.2, -0.15) is 0 Å². The highest BCUT2D eigenvalue weighted by atomic mass is 16.5. The Labute approximate surface area is 81.5 Å². The second-order valence-electron chi connectivity index (χ2n) is 3.16. The number of fused-ring (bicyclic) bond motifs is 1. The third-order valence-electron chi connectivity index (χ3n) is 2.14. The molecule has 2 aromatic rings. The summed E-state index contributed by atoms with van der Waals surface area (Å²) in [5.41, 5.74) is 7.64. The van der Waals surface area contributed by atoms with Crippen molar-refractivity contribution in [1.29, 1.82) is 0 Å². The van der Waals surface area contributed by atoms with Gasteiger partial charge in [0.25, 0.3) is 0 Å². The summed E-state index contributed by atoms with van der Waals surface area (Å²) in [6.45, 7) is 2.45. The lowest BCUT2D eigenvalue weighted by Gasteiger charge is -2.01. The number of nitrogens with zero attached hydrogens (tertiary/aromatic N) is 3. The van der Waals surface area contributed by atoms with E-state index in [-0.39, 0.29) is 0 Å². The molecule has 2 rings (SSSR count). The first-order chi connectivity index (χ1) is 6.74. The Morgan fingerprint density at radius 3 is 3.00 bits per heavy atom. The summed E-state index contributed by atoms with van der Waals surface area (Å²) < 4.78 is 6.96. The van der Waals surface area contributed by atoms with E-state index in [1.165, 1.54) is 6.33 Å². The third kappa shape index (κ3) is 1.22. The zero-order chi connectivity index (χ0) is 10.1. The Bertz CT molecular complexity index is 463.